The molecule has 2 spiro atoms. The monoisotopic (exact) mass is 512 g/mol. The second-order valence-corrected chi connectivity index (χ2v) is 12.2. The average Bonchev–Trinajstić information content (AvgIpc) is 3.70. The molecule has 0 aromatic heterocycles. The number of carbonyl (C=O) groups excluding carboxylic acids is 1. The molecule has 4 heterocycles. The maximum Gasteiger partial charge on any atom is 0.410 e. The van der Waals surface area contributed by atoms with Crippen LogP contribution >= 0.6 is 0 Å². The summed E-state index contributed by atoms with van der Waals surface area (Å²) in [4.78, 5) is 16.9. The first-order chi connectivity index (χ1) is 17.1. The molecule has 1 aliphatic carbocycles. The predicted octanol–water partition coefficient (Wildman–Crippen LogP) is 4.25. The largest absolute Gasteiger partial charge is 0.443 e. The fourth-order valence-corrected chi connectivity index (χ4v) is 7.18. The second-order valence-electron chi connectivity index (χ2n) is 12.2. The highest BCUT2D eigenvalue weighted by Gasteiger charge is 2.72. The molecule has 5 fully saturated rings. The van der Waals surface area contributed by atoms with Gasteiger partial charge in [-0.1, -0.05) is 11.6 Å². The Balaban J connectivity index is 1.20. The lowest BCUT2D eigenvalue weighted by atomic mass is 9.68. The van der Waals surface area contributed by atoms with E-state index >= 15 is 0 Å². The summed E-state index contributed by atoms with van der Waals surface area (Å²) in [6.45, 7) is 9.49. The van der Waals surface area contributed by atoms with Gasteiger partial charge in [0.05, 0.1) is 25.2 Å². The summed E-state index contributed by atoms with van der Waals surface area (Å²) in [6.07, 6.45) is 4.08. The van der Waals surface area contributed by atoms with Crippen LogP contribution < -0.4 is 0 Å². The summed E-state index contributed by atoms with van der Waals surface area (Å²) in [5.41, 5.74) is 0.680. The zero-order chi connectivity index (χ0) is 25.7. The zero-order valence-electron chi connectivity index (χ0n) is 22.1. The number of hydrogen-bond donors (Lipinski definition) is 0. The molecule has 0 unspecified atom stereocenters. The number of epoxide rings is 2. The summed E-state index contributed by atoms with van der Waals surface area (Å²) in [6, 6.07) is 0. The second kappa shape index (κ2) is 9.79. The molecule has 9 heteroatoms. The van der Waals surface area contributed by atoms with E-state index in [4.69, 9.17) is 18.9 Å². The third-order valence-corrected chi connectivity index (χ3v) is 9.50. The Morgan fingerprint density at radius 1 is 1.17 bits per heavy atom. The van der Waals surface area contributed by atoms with Crippen LogP contribution in [0.15, 0.2) is 11.6 Å². The molecule has 0 aromatic rings. The molecule has 0 N–H and O–H groups in total. The molecule has 0 aromatic carbocycles. The van der Waals surface area contributed by atoms with Crippen molar-refractivity contribution >= 4 is 6.09 Å². The predicted molar refractivity (Wildman–Crippen MR) is 130 cm³/mol. The Morgan fingerprint density at radius 3 is 2.47 bits per heavy atom. The Labute approximate surface area is 213 Å². The van der Waals surface area contributed by atoms with Gasteiger partial charge in [-0.2, -0.15) is 0 Å². The number of methoxy groups -OCH3 is 1. The van der Waals surface area contributed by atoms with Crippen molar-refractivity contribution in [3.05, 3.63) is 11.6 Å². The number of hydrogen-bond acceptors (Lipinski definition) is 6. The van der Waals surface area contributed by atoms with Crippen molar-refractivity contribution in [1.29, 1.82) is 0 Å². The molecule has 36 heavy (non-hydrogen) atoms. The number of alkyl halides is 2. The highest BCUT2D eigenvalue weighted by Crippen LogP contribution is 2.59. The van der Waals surface area contributed by atoms with Crippen molar-refractivity contribution in [2.45, 2.75) is 95.2 Å². The minimum absolute atomic E-state index is 0.00111. The Bertz CT molecular complexity index is 853. The standard InChI is InChI=1S/C27H42F2N2O5/c1-18(2)5-6-20-25(3,36-20)23-22(33-4)19(7-8-27(23)17-34-27)35-24(32)31-14-11-26(16-31)9-12-30(13-10-26)15-21(28)29/h5,19-23H,6-17H2,1-4H3/t19-,20-,22-,23-,25+,27+/m1/s1. The highest BCUT2D eigenvalue weighted by molar-refractivity contribution is 5.68. The molecular formula is C27H42F2N2O5. The highest BCUT2D eigenvalue weighted by atomic mass is 19.3. The van der Waals surface area contributed by atoms with E-state index in [1.807, 2.05) is 9.80 Å². The number of amides is 1. The van der Waals surface area contributed by atoms with E-state index in [1.54, 1.807) is 7.11 Å². The van der Waals surface area contributed by atoms with Gasteiger partial charge < -0.3 is 23.8 Å². The first-order valence-corrected chi connectivity index (χ1v) is 13.5. The lowest BCUT2D eigenvalue weighted by Crippen LogP contribution is -2.56. The van der Waals surface area contributed by atoms with Crippen LogP contribution in [-0.4, -0.2) is 98.3 Å². The van der Waals surface area contributed by atoms with Crippen molar-refractivity contribution < 1.29 is 32.5 Å². The fraction of sp³-hybridized carbons (Fsp3) is 0.889. The number of carbonyl (C=O) groups is 1. The van der Waals surface area contributed by atoms with E-state index in [9.17, 15) is 13.6 Å². The van der Waals surface area contributed by atoms with Gasteiger partial charge >= 0.3 is 6.09 Å². The fourth-order valence-electron chi connectivity index (χ4n) is 7.18. The minimum atomic E-state index is -2.30. The van der Waals surface area contributed by atoms with Gasteiger partial charge in [0, 0.05) is 20.2 Å². The van der Waals surface area contributed by atoms with Crippen LogP contribution in [0.2, 0.25) is 0 Å². The smallest absolute Gasteiger partial charge is 0.410 e. The molecule has 1 saturated carbocycles. The topological polar surface area (TPSA) is 67.1 Å². The van der Waals surface area contributed by atoms with Crippen molar-refractivity contribution in [3.8, 4) is 0 Å². The lowest BCUT2D eigenvalue weighted by molar-refractivity contribution is -0.121. The Hall–Kier alpha value is -1.29. The molecule has 0 radical (unpaired) electrons. The van der Waals surface area contributed by atoms with Gasteiger partial charge in [-0.15, -0.1) is 0 Å². The Morgan fingerprint density at radius 2 is 1.86 bits per heavy atom. The average molecular weight is 513 g/mol. The molecule has 0 bridgehead atoms. The van der Waals surface area contributed by atoms with Crippen LogP contribution in [0.5, 0.6) is 0 Å². The molecule has 7 nitrogen and oxygen atoms in total. The third kappa shape index (κ3) is 5.05. The summed E-state index contributed by atoms with van der Waals surface area (Å²) in [5, 5.41) is 0. The molecule has 6 atom stereocenters. The lowest BCUT2D eigenvalue weighted by Gasteiger charge is -2.43. The molecular weight excluding hydrogens is 470 g/mol. The third-order valence-electron chi connectivity index (χ3n) is 9.50. The van der Waals surface area contributed by atoms with Gasteiger partial charge in [-0.25, -0.2) is 13.6 Å². The van der Waals surface area contributed by atoms with Gasteiger partial charge in [0.2, 0.25) is 0 Å². The number of ether oxygens (including phenoxy) is 4. The van der Waals surface area contributed by atoms with Crippen LogP contribution in [0, 0.1) is 11.3 Å². The van der Waals surface area contributed by atoms with Gasteiger partial charge in [-0.05, 0) is 77.8 Å². The zero-order valence-corrected chi connectivity index (χ0v) is 22.1. The van der Waals surface area contributed by atoms with Crippen molar-refractivity contribution in [2.24, 2.45) is 11.3 Å². The van der Waals surface area contributed by atoms with E-state index in [2.05, 4.69) is 26.8 Å². The summed E-state index contributed by atoms with van der Waals surface area (Å²) < 4.78 is 49.9. The first-order valence-electron chi connectivity index (χ1n) is 13.5. The van der Waals surface area contributed by atoms with Crippen LogP contribution in [0.25, 0.3) is 0 Å². The van der Waals surface area contributed by atoms with Gasteiger partial charge in [0.15, 0.2) is 0 Å². The molecule has 5 rings (SSSR count). The molecule has 204 valence electrons. The molecule has 4 saturated heterocycles. The maximum atomic E-state index is 13.3. The number of allylic oxidation sites excluding steroid dienone is 1. The van der Waals surface area contributed by atoms with Crippen LogP contribution in [0.1, 0.15) is 59.3 Å². The summed E-state index contributed by atoms with van der Waals surface area (Å²) >= 11 is 0. The van der Waals surface area contributed by atoms with Gasteiger partial charge in [0.25, 0.3) is 6.43 Å². The number of likely N-dealkylation sites (tertiary alicyclic amines) is 2. The maximum absolute atomic E-state index is 13.3. The van der Waals surface area contributed by atoms with Gasteiger partial charge in [-0.3, -0.25) is 4.90 Å². The summed E-state index contributed by atoms with van der Waals surface area (Å²) in [5.74, 6) is 0.00111. The van der Waals surface area contributed by atoms with Crippen LogP contribution in [-0.2, 0) is 18.9 Å². The molecule has 5 aliphatic rings. The van der Waals surface area contributed by atoms with E-state index in [0.717, 1.165) is 32.1 Å². The summed E-state index contributed by atoms with van der Waals surface area (Å²) in [7, 11) is 1.69. The molecule has 1 amide bonds. The van der Waals surface area contributed by atoms with E-state index in [-0.39, 0.29) is 53.5 Å². The number of piperidine rings is 1. The first kappa shape index (κ1) is 26.3. The van der Waals surface area contributed by atoms with Crippen molar-refractivity contribution in [2.75, 3.05) is 46.4 Å². The normalized spacial score (nSPS) is 39.6. The van der Waals surface area contributed by atoms with Crippen LogP contribution in [0.3, 0.4) is 0 Å². The SMILES string of the molecule is CO[C@@H]1[C@H](OC(=O)N2CCC3(CCN(CC(F)F)CC3)C2)CC[C@]2(CO2)[C@H]1[C@@]1(C)O[C@@H]1CC=C(C)C. The Kier molecular flexibility index (Phi) is 7.16. The molecule has 4 aliphatic heterocycles. The van der Waals surface area contributed by atoms with E-state index < -0.39 is 6.43 Å². The van der Waals surface area contributed by atoms with Crippen LogP contribution in [0.4, 0.5) is 13.6 Å². The number of halogens is 2. The number of nitrogens with zero attached hydrogens (tertiary/aromatic N) is 2. The minimum Gasteiger partial charge on any atom is -0.443 e. The van der Waals surface area contributed by atoms with Crippen molar-refractivity contribution in [1.82, 2.24) is 9.80 Å². The van der Waals surface area contributed by atoms with E-state index in [1.165, 1.54) is 5.57 Å². The number of rotatable bonds is 7. The quantitative estimate of drug-likeness (QED) is 0.375. The van der Waals surface area contributed by atoms with Gasteiger partial charge in [0.1, 0.15) is 23.4 Å². The van der Waals surface area contributed by atoms with Crippen molar-refractivity contribution in [3.63, 3.8) is 0 Å². The van der Waals surface area contributed by atoms with E-state index in [0.29, 0.717) is 39.2 Å².